The number of aryl methyl sites for hydroxylation is 1. The summed E-state index contributed by atoms with van der Waals surface area (Å²) in [7, 11) is 0. The number of carbonyl (C=O) groups is 1. The molecule has 0 aliphatic rings. The summed E-state index contributed by atoms with van der Waals surface area (Å²) in [4.78, 5) is 33.0. The van der Waals surface area contributed by atoms with Crippen molar-refractivity contribution in [1.29, 1.82) is 0 Å². The van der Waals surface area contributed by atoms with Crippen LogP contribution >= 0.6 is 11.3 Å². The van der Waals surface area contributed by atoms with E-state index < -0.39 is 0 Å². The Bertz CT molecular complexity index is 1280. The summed E-state index contributed by atoms with van der Waals surface area (Å²) in [5, 5.41) is 3.36. The number of rotatable bonds is 7. The van der Waals surface area contributed by atoms with Gasteiger partial charge >= 0.3 is 0 Å². The van der Waals surface area contributed by atoms with Gasteiger partial charge in [0.2, 0.25) is 5.95 Å². The van der Waals surface area contributed by atoms with Crippen molar-refractivity contribution in [3.8, 4) is 11.3 Å². The van der Waals surface area contributed by atoms with E-state index in [0.717, 1.165) is 27.9 Å². The van der Waals surface area contributed by atoms with Crippen LogP contribution in [0.4, 0.5) is 5.95 Å². The van der Waals surface area contributed by atoms with Crippen molar-refractivity contribution in [2.24, 2.45) is 0 Å². The van der Waals surface area contributed by atoms with Crippen LogP contribution in [0.5, 0.6) is 0 Å². The molecule has 0 aliphatic carbocycles. The lowest BCUT2D eigenvalue weighted by Crippen LogP contribution is -2.44. The second-order valence-corrected chi connectivity index (χ2v) is 10.4. The van der Waals surface area contributed by atoms with Crippen LogP contribution in [0.15, 0.2) is 66.7 Å². The van der Waals surface area contributed by atoms with Gasteiger partial charge in [0.05, 0.1) is 23.4 Å². The van der Waals surface area contributed by atoms with E-state index >= 15 is 0 Å². The molecule has 35 heavy (non-hydrogen) atoms. The minimum Gasteiger partial charge on any atom is -0.348 e. The van der Waals surface area contributed by atoms with Crippen LogP contribution in [0.3, 0.4) is 0 Å². The quantitative estimate of drug-likeness (QED) is 0.349. The van der Waals surface area contributed by atoms with Gasteiger partial charge in [0, 0.05) is 36.2 Å². The largest absolute Gasteiger partial charge is 0.348 e. The number of nitrogens with one attached hydrogen (secondary N) is 1. The van der Waals surface area contributed by atoms with E-state index in [1.165, 1.54) is 11.3 Å². The molecule has 0 aliphatic heterocycles. The normalized spacial score (nSPS) is 12.3. The summed E-state index contributed by atoms with van der Waals surface area (Å²) >= 11 is 1.37. The van der Waals surface area contributed by atoms with E-state index in [1.54, 1.807) is 30.3 Å². The predicted molar refractivity (Wildman–Crippen MR) is 140 cm³/mol. The minimum absolute atomic E-state index is 0.00156. The molecular weight excluding hydrogens is 456 g/mol. The number of anilines is 1. The molecular formula is C27H30N6OS. The number of hydrogen-bond donors (Lipinski definition) is 1. The lowest BCUT2D eigenvalue weighted by molar-refractivity contribution is 0.0563. The summed E-state index contributed by atoms with van der Waals surface area (Å²) in [5.74, 6) is 0.570. The van der Waals surface area contributed by atoms with Gasteiger partial charge in [0.25, 0.3) is 5.91 Å². The molecule has 0 radical (unpaired) electrons. The van der Waals surface area contributed by atoms with Crippen molar-refractivity contribution in [3.05, 3.63) is 88.3 Å². The Labute approximate surface area is 210 Å². The molecule has 3 aromatic heterocycles. The third kappa shape index (κ3) is 5.89. The van der Waals surface area contributed by atoms with Gasteiger partial charge in [0.1, 0.15) is 4.88 Å². The Morgan fingerprint density at radius 2 is 1.86 bits per heavy atom. The molecule has 0 fully saturated rings. The first-order valence-corrected chi connectivity index (χ1v) is 12.4. The average molecular weight is 487 g/mol. The molecule has 7 nitrogen and oxygen atoms in total. The molecule has 1 atom stereocenters. The van der Waals surface area contributed by atoms with Crippen molar-refractivity contribution in [1.82, 2.24) is 24.8 Å². The maximum atomic E-state index is 13.2. The Balaban J connectivity index is 1.54. The van der Waals surface area contributed by atoms with E-state index in [4.69, 9.17) is 4.98 Å². The first-order chi connectivity index (χ1) is 16.7. The number of hydrogen-bond acceptors (Lipinski definition) is 7. The van der Waals surface area contributed by atoms with Gasteiger partial charge in [-0.05, 0) is 75.6 Å². The summed E-state index contributed by atoms with van der Waals surface area (Å²) in [6, 6.07) is 12.2. The number of thiazole rings is 1. The van der Waals surface area contributed by atoms with E-state index in [0.29, 0.717) is 17.4 Å². The standard InChI is InChI=1S/C27H30N6OS/c1-18-14-21(23-10-13-30-26(32-23)31-19(2)20-8-11-28-12-9-20)6-7-22(18)16-33(27(3,4)5)25(34)24-15-29-17-35-24/h6-15,17,19H,16H2,1-5H3,(H,30,31,32). The maximum absolute atomic E-state index is 13.2. The Morgan fingerprint density at radius 1 is 1.09 bits per heavy atom. The molecule has 0 saturated heterocycles. The molecule has 4 aromatic rings. The number of nitrogens with zero attached hydrogens (tertiary/aromatic N) is 5. The van der Waals surface area contributed by atoms with Crippen LogP contribution in [0, 0.1) is 6.92 Å². The fourth-order valence-electron chi connectivity index (χ4n) is 3.79. The van der Waals surface area contributed by atoms with Crippen molar-refractivity contribution in [2.45, 2.75) is 52.7 Å². The Kier molecular flexibility index (Phi) is 7.21. The van der Waals surface area contributed by atoms with Gasteiger partial charge in [-0.1, -0.05) is 12.1 Å². The van der Waals surface area contributed by atoms with Gasteiger partial charge in [-0.15, -0.1) is 11.3 Å². The lowest BCUT2D eigenvalue weighted by Gasteiger charge is -2.36. The highest BCUT2D eigenvalue weighted by molar-refractivity contribution is 7.11. The van der Waals surface area contributed by atoms with Gasteiger partial charge < -0.3 is 10.2 Å². The number of benzene rings is 1. The van der Waals surface area contributed by atoms with E-state index in [9.17, 15) is 4.79 Å². The lowest BCUT2D eigenvalue weighted by atomic mass is 9.99. The zero-order valence-electron chi connectivity index (χ0n) is 20.7. The van der Waals surface area contributed by atoms with Crippen molar-refractivity contribution in [3.63, 3.8) is 0 Å². The monoisotopic (exact) mass is 486 g/mol. The summed E-state index contributed by atoms with van der Waals surface area (Å²) < 4.78 is 0. The van der Waals surface area contributed by atoms with E-state index in [1.807, 2.05) is 23.1 Å². The van der Waals surface area contributed by atoms with Gasteiger partial charge in [0.15, 0.2) is 0 Å². The Hall–Kier alpha value is -3.65. The second-order valence-electron chi connectivity index (χ2n) is 9.48. The second kappa shape index (κ2) is 10.3. The molecule has 1 N–H and O–H groups in total. The third-order valence-electron chi connectivity index (χ3n) is 5.87. The van der Waals surface area contributed by atoms with Crippen molar-refractivity contribution < 1.29 is 4.79 Å². The molecule has 8 heteroatoms. The van der Waals surface area contributed by atoms with Crippen molar-refractivity contribution >= 4 is 23.2 Å². The Morgan fingerprint density at radius 3 is 2.51 bits per heavy atom. The van der Waals surface area contributed by atoms with E-state index in [-0.39, 0.29) is 17.5 Å². The highest BCUT2D eigenvalue weighted by atomic mass is 32.1. The SMILES string of the molecule is Cc1cc(-c2ccnc(NC(C)c3ccncc3)n2)ccc1CN(C(=O)c1cncs1)C(C)(C)C. The number of aromatic nitrogens is 4. The number of amides is 1. The summed E-state index contributed by atoms with van der Waals surface area (Å²) in [6.45, 7) is 10.8. The smallest absolute Gasteiger partial charge is 0.266 e. The summed E-state index contributed by atoms with van der Waals surface area (Å²) in [6.07, 6.45) is 6.96. The van der Waals surface area contributed by atoms with Crippen LogP contribution in [-0.4, -0.2) is 36.3 Å². The topological polar surface area (TPSA) is 83.9 Å². The maximum Gasteiger partial charge on any atom is 0.266 e. The number of pyridine rings is 1. The zero-order chi connectivity index (χ0) is 25.0. The van der Waals surface area contributed by atoms with Crippen LogP contribution < -0.4 is 5.32 Å². The fraction of sp³-hybridized carbons (Fsp3) is 0.296. The molecule has 4 rings (SSSR count). The third-order valence-corrected chi connectivity index (χ3v) is 6.63. The highest BCUT2D eigenvalue weighted by Gasteiger charge is 2.28. The van der Waals surface area contributed by atoms with Crippen LogP contribution in [-0.2, 0) is 6.54 Å². The summed E-state index contributed by atoms with van der Waals surface area (Å²) in [5.41, 5.74) is 6.52. The van der Waals surface area contributed by atoms with Crippen LogP contribution in [0.2, 0.25) is 0 Å². The van der Waals surface area contributed by atoms with Gasteiger partial charge in [-0.25, -0.2) is 9.97 Å². The van der Waals surface area contributed by atoms with Gasteiger partial charge in [-0.3, -0.25) is 14.8 Å². The predicted octanol–water partition coefficient (Wildman–Crippen LogP) is 5.92. The first kappa shape index (κ1) is 24.5. The van der Waals surface area contributed by atoms with Crippen LogP contribution in [0.1, 0.15) is 60.1 Å². The fourth-order valence-corrected chi connectivity index (χ4v) is 4.36. The molecule has 180 valence electrons. The highest BCUT2D eigenvalue weighted by Crippen LogP contribution is 2.27. The molecule has 1 aromatic carbocycles. The molecule has 0 saturated carbocycles. The molecule has 1 unspecified atom stereocenters. The average Bonchev–Trinajstić information content (AvgIpc) is 3.38. The minimum atomic E-state index is -0.328. The molecule has 3 heterocycles. The first-order valence-electron chi connectivity index (χ1n) is 11.5. The van der Waals surface area contributed by atoms with Crippen molar-refractivity contribution in [2.75, 3.05) is 5.32 Å². The zero-order valence-corrected chi connectivity index (χ0v) is 21.5. The van der Waals surface area contributed by atoms with E-state index in [2.05, 4.69) is 73.1 Å². The van der Waals surface area contributed by atoms with Gasteiger partial charge in [-0.2, -0.15) is 0 Å². The van der Waals surface area contributed by atoms with Crippen LogP contribution in [0.25, 0.3) is 11.3 Å². The molecule has 0 spiro atoms. The molecule has 0 bridgehead atoms. The number of carbonyl (C=O) groups excluding carboxylic acids is 1. The molecule has 1 amide bonds.